The van der Waals surface area contributed by atoms with Crippen LogP contribution in [0.4, 0.5) is 0 Å². The molecule has 0 fully saturated rings. The first-order valence-corrected chi connectivity index (χ1v) is 17.9. The van der Waals surface area contributed by atoms with E-state index in [9.17, 15) is 38.7 Å². The summed E-state index contributed by atoms with van der Waals surface area (Å²) in [6, 6.07) is -7.33. The molecule has 300 valence electrons. The van der Waals surface area contributed by atoms with Crippen LogP contribution in [0.3, 0.4) is 0 Å². The van der Waals surface area contributed by atoms with E-state index >= 15 is 0 Å². The molecule has 6 amide bonds. The number of carbonyl (C=O) groups is 7. The van der Waals surface area contributed by atoms with Crippen LogP contribution >= 0.6 is 0 Å². The molecule has 14 N–H and O–H groups in total. The van der Waals surface area contributed by atoms with Crippen LogP contribution in [0.1, 0.15) is 77.6 Å². The minimum absolute atomic E-state index is 0.0298. The van der Waals surface area contributed by atoms with Crippen molar-refractivity contribution >= 4 is 41.4 Å². The number of carboxylic acid groups (broad SMARTS) is 1. The number of unbranched alkanes of at least 4 members (excludes halogenated alkanes) is 1. The topological polar surface area (TPSA) is 335 Å². The molecule has 0 aromatic carbocycles. The molecule has 0 radical (unpaired) electrons. The van der Waals surface area contributed by atoms with E-state index in [-0.39, 0.29) is 50.4 Å². The van der Waals surface area contributed by atoms with E-state index in [0.29, 0.717) is 30.8 Å². The number of primary amides is 1. The Kier molecular flexibility index (Phi) is 18.8. The largest absolute Gasteiger partial charge is 0.480 e. The number of carboxylic acids is 1. The molecule has 2 aromatic rings. The molecule has 0 aliphatic carbocycles. The summed E-state index contributed by atoms with van der Waals surface area (Å²) in [5.74, 6) is -6.11. The van der Waals surface area contributed by atoms with Crippen LogP contribution in [0.25, 0.3) is 0 Å². The normalized spacial score (nSPS) is 14.6. The zero-order chi connectivity index (χ0) is 40.4. The highest BCUT2D eigenvalue weighted by atomic mass is 16.4. The highest BCUT2D eigenvalue weighted by Gasteiger charge is 2.34. The van der Waals surface area contributed by atoms with Crippen molar-refractivity contribution in [2.24, 2.45) is 29.0 Å². The number of nitrogens with two attached hydrogens (primary N) is 3. The van der Waals surface area contributed by atoms with E-state index in [1.165, 1.54) is 25.0 Å². The monoisotopic (exact) mass is 760 g/mol. The van der Waals surface area contributed by atoms with E-state index in [1.807, 2.05) is 0 Å². The van der Waals surface area contributed by atoms with Gasteiger partial charge in [0.05, 0.1) is 18.7 Å². The predicted molar refractivity (Wildman–Crippen MR) is 195 cm³/mol. The van der Waals surface area contributed by atoms with Gasteiger partial charge in [0.15, 0.2) is 0 Å². The van der Waals surface area contributed by atoms with Gasteiger partial charge in [-0.15, -0.1) is 0 Å². The number of H-pyrrole nitrogens is 2. The number of nitrogens with zero attached hydrogens (tertiary/aromatic N) is 2. The Hall–Kier alpha value is -5.37. The number of aliphatic carboxylic acids is 1. The van der Waals surface area contributed by atoms with Gasteiger partial charge in [0.1, 0.15) is 30.2 Å². The van der Waals surface area contributed by atoms with Crippen LogP contribution in [0.2, 0.25) is 0 Å². The molecule has 0 aliphatic rings. The van der Waals surface area contributed by atoms with Crippen LogP contribution in [0, 0.1) is 11.8 Å². The standard InChI is InChI=1S/C34H56N12O8/c1-18(2)11-26(34(53)54)46-29(48)22(7-5-6-10-35)42-30(49)23(8-9-27(36)47)43-31(50)24(12-20-14-38-16-40-20)44-32(51)25(13-21-15-39-17-41-21)45-33(52)28(37)19(3)4/h14-19,22-26,28H,5-13,35,37H2,1-4H3,(H2,36,47)(H,38,40)(H,39,41)(H,42,49)(H,43,50)(H,44,51)(H,45,52)(H,46,48)(H,53,54)/t22-,23-,24-,25-,26-,28-/m0/s1. The molecular formula is C34H56N12O8. The number of nitrogens with one attached hydrogen (secondary N) is 7. The second-order valence-corrected chi connectivity index (χ2v) is 13.9. The Morgan fingerprint density at radius 3 is 1.54 bits per heavy atom. The zero-order valence-corrected chi connectivity index (χ0v) is 31.2. The quantitative estimate of drug-likeness (QED) is 0.0483. The Balaban J connectivity index is 2.38. The number of hydrogen-bond donors (Lipinski definition) is 11. The third-order valence-corrected chi connectivity index (χ3v) is 8.46. The fraction of sp³-hybridized carbons (Fsp3) is 0.618. The first-order valence-electron chi connectivity index (χ1n) is 17.9. The molecule has 20 heteroatoms. The van der Waals surface area contributed by atoms with Gasteiger partial charge in [-0.2, -0.15) is 0 Å². The maximum atomic E-state index is 13.9. The molecule has 20 nitrogen and oxygen atoms in total. The molecule has 2 aromatic heterocycles. The lowest BCUT2D eigenvalue weighted by Crippen LogP contribution is -2.60. The summed E-state index contributed by atoms with van der Waals surface area (Å²) < 4.78 is 0. The molecular weight excluding hydrogens is 704 g/mol. The summed E-state index contributed by atoms with van der Waals surface area (Å²) in [6.45, 7) is 7.41. The maximum Gasteiger partial charge on any atom is 0.326 e. The average molecular weight is 761 g/mol. The van der Waals surface area contributed by atoms with E-state index in [2.05, 4.69) is 46.5 Å². The predicted octanol–water partition coefficient (Wildman–Crippen LogP) is -2.15. The molecule has 2 heterocycles. The lowest BCUT2D eigenvalue weighted by Gasteiger charge is -2.27. The number of carbonyl (C=O) groups excluding carboxylic acids is 6. The van der Waals surface area contributed by atoms with Gasteiger partial charge in [-0.05, 0) is 50.5 Å². The van der Waals surface area contributed by atoms with E-state index in [0.717, 1.165) is 0 Å². The first-order chi connectivity index (χ1) is 25.5. The smallest absolute Gasteiger partial charge is 0.326 e. The third-order valence-electron chi connectivity index (χ3n) is 8.46. The van der Waals surface area contributed by atoms with Crippen molar-refractivity contribution in [2.75, 3.05) is 6.54 Å². The lowest BCUT2D eigenvalue weighted by atomic mass is 10.0. The maximum absolute atomic E-state index is 13.9. The Morgan fingerprint density at radius 2 is 1.13 bits per heavy atom. The molecule has 0 aliphatic heterocycles. The van der Waals surface area contributed by atoms with Gasteiger partial charge in [-0.3, -0.25) is 28.8 Å². The Labute approximate surface area is 313 Å². The minimum atomic E-state index is -1.42. The van der Waals surface area contributed by atoms with E-state index < -0.39 is 77.7 Å². The lowest BCUT2D eigenvalue weighted by molar-refractivity contribution is -0.143. The summed E-state index contributed by atoms with van der Waals surface area (Å²) >= 11 is 0. The van der Waals surface area contributed by atoms with Gasteiger partial charge < -0.3 is 58.9 Å². The van der Waals surface area contributed by atoms with Crippen molar-refractivity contribution < 1.29 is 38.7 Å². The highest BCUT2D eigenvalue weighted by Crippen LogP contribution is 2.10. The summed E-state index contributed by atoms with van der Waals surface area (Å²) in [5.41, 5.74) is 18.0. The second-order valence-electron chi connectivity index (χ2n) is 13.9. The molecule has 6 atom stereocenters. The number of aromatic amines is 2. The van der Waals surface area contributed by atoms with Gasteiger partial charge in [0, 0.05) is 43.0 Å². The molecule has 0 unspecified atom stereocenters. The number of amides is 6. The van der Waals surface area contributed by atoms with Gasteiger partial charge in [-0.25, -0.2) is 14.8 Å². The van der Waals surface area contributed by atoms with Crippen LogP contribution in [0.15, 0.2) is 25.0 Å². The minimum Gasteiger partial charge on any atom is -0.480 e. The number of aromatic nitrogens is 4. The molecule has 0 spiro atoms. The SMILES string of the molecule is CC(C)C[C@H](NC(=O)[C@H](CCCCN)NC(=O)[C@H](CCC(N)=O)NC(=O)[C@H](Cc1cnc[nH]1)NC(=O)[C@H](Cc1cnc[nH]1)NC(=O)[C@@H](N)C(C)C)C(=O)O. The highest BCUT2D eigenvalue weighted by molar-refractivity contribution is 5.96. The van der Waals surface area contributed by atoms with Gasteiger partial charge >= 0.3 is 5.97 Å². The molecule has 54 heavy (non-hydrogen) atoms. The number of hydrogen-bond acceptors (Lipinski definition) is 11. The summed E-state index contributed by atoms with van der Waals surface area (Å²) in [6.07, 6.45) is 6.08. The van der Waals surface area contributed by atoms with E-state index in [4.69, 9.17) is 17.2 Å². The summed E-state index contributed by atoms with van der Waals surface area (Å²) in [5, 5.41) is 22.6. The van der Waals surface area contributed by atoms with Crippen LogP contribution in [0.5, 0.6) is 0 Å². The van der Waals surface area contributed by atoms with Crippen molar-refractivity contribution in [3.05, 3.63) is 36.4 Å². The fourth-order valence-corrected chi connectivity index (χ4v) is 5.32. The first kappa shape index (κ1) is 44.8. The van der Waals surface area contributed by atoms with Crippen molar-refractivity contribution in [1.29, 1.82) is 0 Å². The molecule has 2 rings (SSSR count). The number of imidazole rings is 2. The van der Waals surface area contributed by atoms with Crippen LogP contribution in [-0.2, 0) is 46.4 Å². The van der Waals surface area contributed by atoms with Crippen molar-refractivity contribution in [3.8, 4) is 0 Å². The van der Waals surface area contributed by atoms with Crippen LogP contribution in [-0.4, -0.2) is 109 Å². The number of rotatable bonds is 25. The fourth-order valence-electron chi connectivity index (χ4n) is 5.32. The Bertz CT molecular complexity index is 1520. The van der Waals surface area contributed by atoms with Gasteiger partial charge in [0.25, 0.3) is 0 Å². The third kappa shape index (κ3) is 15.7. The van der Waals surface area contributed by atoms with Crippen molar-refractivity contribution in [1.82, 2.24) is 46.5 Å². The van der Waals surface area contributed by atoms with Gasteiger partial charge in [-0.1, -0.05) is 27.7 Å². The summed E-state index contributed by atoms with van der Waals surface area (Å²) in [7, 11) is 0. The van der Waals surface area contributed by atoms with Gasteiger partial charge in [0.2, 0.25) is 35.4 Å². The Morgan fingerprint density at radius 1 is 0.685 bits per heavy atom. The van der Waals surface area contributed by atoms with Crippen molar-refractivity contribution in [2.45, 2.75) is 115 Å². The molecule has 0 saturated heterocycles. The molecule has 0 bridgehead atoms. The molecule has 0 saturated carbocycles. The summed E-state index contributed by atoms with van der Waals surface area (Å²) in [4.78, 5) is 105. The zero-order valence-electron chi connectivity index (χ0n) is 31.2. The van der Waals surface area contributed by atoms with Crippen LogP contribution < -0.4 is 43.8 Å². The average Bonchev–Trinajstić information content (AvgIpc) is 3.82. The van der Waals surface area contributed by atoms with Crippen molar-refractivity contribution in [3.63, 3.8) is 0 Å². The second kappa shape index (κ2) is 22.6. The van der Waals surface area contributed by atoms with E-state index in [1.54, 1.807) is 27.7 Å².